The van der Waals surface area contributed by atoms with E-state index in [1.165, 1.54) is 9.13 Å². The van der Waals surface area contributed by atoms with Crippen LogP contribution < -0.4 is 9.47 Å². The fourth-order valence-corrected chi connectivity index (χ4v) is 2.46. The van der Waals surface area contributed by atoms with E-state index in [1.807, 2.05) is 6.07 Å². The molecule has 0 radical (unpaired) electrons. The standard InChI is InChI=1S/C13H20INO2/c1-15(2)7-5-6-10-8-11(16-3)9-12(17-4)13(10)14/h8-9H,5-7H2,1-4H3. The number of hydrogen-bond acceptors (Lipinski definition) is 3. The molecule has 1 aromatic rings. The second kappa shape index (κ2) is 7.06. The highest BCUT2D eigenvalue weighted by Gasteiger charge is 2.09. The van der Waals surface area contributed by atoms with Crippen LogP contribution in [-0.4, -0.2) is 39.8 Å². The molecule has 0 heterocycles. The summed E-state index contributed by atoms with van der Waals surface area (Å²) in [6, 6.07) is 4.02. The van der Waals surface area contributed by atoms with Gasteiger partial charge in [0, 0.05) is 6.07 Å². The van der Waals surface area contributed by atoms with Gasteiger partial charge in [0.15, 0.2) is 0 Å². The van der Waals surface area contributed by atoms with Gasteiger partial charge < -0.3 is 14.4 Å². The molecular formula is C13H20INO2. The first-order chi connectivity index (χ1) is 8.08. The zero-order valence-electron chi connectivity index (χ0n) is 10.9. The largest absolute Gasteiger partial charge is 0.497 e. The van der Waals surface area contributed by atoms with Gasteiger partial charge >= 0.3 is 0 Å². The summed E-state index contributed by atoms with van der Waals surface area (Å²) in [4.78, 5) is 2.20. The zero-order valence-corrected chi connectivity index (χ0v) is 13.1. The maximum Gasteiger partial charge on any atom is 0.136 e. The van der Waals surface area contributed by atoms with Crippen LogP contribution in [0.3, 0.4) is 0 Å². The Labute approximate surface area is 117 Å². The first-order valence-electron chi connectivity index (χ1n) is 5.63. The van der Waals surface area contributed by atoms with Crippen molar-refractivity contribution >= 4 is 22.6 Å². The van der Waals surface area contributed by atoms with Gasteiger partial charge in [-0.05, 0) is 67.7 Å². The fourth-order valence-electron chi connectivity index (χ4n) is 1.66. The molecule has 0 aliphatic heterocycles. The van der Waals surface area contributed by atoms with Crippen molar-refractivity contribution in [1.82, 2.24) is 4.90 Å². The quantitative estimate of drug-likeness (QED) is 0.738. The molecule has 0 aliphatic carbocycles. The van der Waals surface area contributed by atoms with Crippen LogP contribution in [0.25, 0.3) is 0 Å². The number of hydrogen-bond donors (Lipinski definition) is 0. The van der Waals surface area contributed by atoms with E-state index in [9.17, 15) is 0 Å². The Morgan fingerprint density at radius 1 is 1.18 bits per heavy atom. The summed E-state index contributed by atoms with van der Waals surface area (Å²) in [5.41, 5.74) is 1.30. The molecule has 0 fully saturated rings. The molecule has 0 amide bonds. The number of benzene rings is 1. The topological polar surface area (TPSA) is 21.7 Å². The van der Waals surface area contributed by atoms with Crippen LogP contribution in [0, 0.1) is 3.57 Å². The molecule has 0 unspecified atom stereocenters. The Bertz CT molecular complexity index is 367. The van der Waals surface area contributed by atoms with Gasteiger partial charge in [0.25, 0.3) is 0 Å². The normalized spacial score (nSPS) is 10.7. The molecule has 3 nitrogen and oxygen atoms in total. The van der Waals surface area contributed by atoms with Crippen LogP contribution in [0.5, 0.6) is 11.5 Å². The minimum atomic E-state index is 0.863. The second-order valence-corrected chi connectivity index (χ2v) is 5.29. The first kappa shape index (κ1) is 14.6. The number of halogens is 1. The summed E-state index contributed by atoms with van der Waals surface area (Å²) in [5, 5.41) is 0. The van der Waals surface area contributed by atoms with Gasteiger partial charge in [0.1, 0.15) is 11.5 Å². The summed E-state index contributed by atoms with van der Waals surface area (Å²) in [5.74, 6) is 1.76. The van der Waals surface area contributed by atoms with E-state index in [0.29, 0.717) is 0 Å². The smallest absolute Gasteiger partial charge is 0.136 e. The molecular weight excluding hydrogens is 329 g/mol. The number of rotatable bonds is 6. The predicted octanol–water partition coefficient (Wildman–Crippen LogP) is 2.80. The molecule has 0 spiro atoms. The lowest BCUT2D eigenvalue weighted by Gasteiger charge is -2.13. The molecule has 4 heteroatoms. The fraction of sp³-hybridized carbons (Fsp3) is 0.538. The lowest BCUT2D eigenvalue weighted by molar-refractivity contribution is 0.388. The maximum atomic E-state index is 5.36. The molecule has 1 rings (SSSR count). The van der Waals surface area contributed by atoms with E-state index in [2.05, 4.69) is 47.7 Å². The molecule has 96 valence electrons. The molecule has 1 aromatic carbocycles. The van der Waals surface area contributed by atoms with Crippen molar-refractivity contribution in [2.24, 2.45) is 0 Å². The van der Waals surface area contributed by atoms with Crippen LogP contribution in [0.1, 0.15) is 12.0 Å². The molecule has 17 heavy (non-hydrogen) atoms. The molecule has 0 N–H and O–H groups in total. The first-order valence-corrected chi connectivity index (χ1v) is 6.71. The maximum absolute atomic E-state index is 5.36. The highest BCUT2D eigenvalue weighted by Crippen LogP contribution is 2.30. The average Bonchev–Trinajstić information content (AvgIpc) is 2.31. The Morgan fingerprint density at radius 2 is 1.88 bits per heavy atom. The van der Waals surface area contributed by atoms with E-state index in [-0.39, 0.29) is 0 Å². The van der Waals surface area contributed by atoms with Crippen molar-refractivity contribution in [3.8, 4) is 11.5 Å². The van der Waals surface area contributed by atoms with Gasteiger partial charge in [-0.1, -0.05) is 0 Å². The van der Waals surface area contributed by atoms with Crippen molar-refractivity contribution in [2.75, 3.05) is 34.9 Å². The number of ether oxygens (including phenoxy) is 2. The number of aryl methyl sites for hydroxylation is 1. The molecule has 0 atom stereocenters. The monoisotopic (exact) mass is 349 g/mol. The molecule has 0 aliphatic rings. The molecule has 0 bridgehead atoms. The highest BCUT2D eigenvalue weighted by molar-refractivity contribution is 14.1. The molecule has 0 saturated heterocycles. The van der Waals surface area contributed by atoms with E-state index >= 15 is 0 Å². The third-order valence-electron chi connectivity index (χ3n) is 2.60. The van der Waals surface area contributed by atoms with Crippen molar-refractivity contribution < 1.29 is 9.47 Å². The number of methoxy groups -OCH3 is 2. The van der Waals surface area contributed by atoms with Crippen LogP contribution in [0.2, 0.25) is 0 Å². The van der Waals surface area contributed by atoms with Crippen molar-refractivity contribution in [2.45, 2.75) is 12.8 Å². The van der Waals surface area contributed by atoms with Gasteiger partial charge in [-0.2, -0.15) is 0 Å². The SMILES string of the molecule is COc1cc(CCCN(C)C)c(I)c(OC)c1. The minimum absolute atomic E-state index is 0.863. The summed E-state index contributed by atoms with van der Waals surface area (Å²) < 4.78 is 11.8. The van der Waals surface area contributed by atoms with Gasteiger partial charge in [-0.3, -0.25) is 0 Å². The van der Waals surface area contributed by atoms with Crippen LogP contribution in [0.4, 0.5) is 0 Å². The van der Waals surface area contributed by atoms with E-state index < -0.39 is 0 Å². The summed E-state index contributed by atoms with van der Waals surface area (Å²) >= 11 is 2.34. The van der Waals surface area contributed by atoms with Gasteiger partial charge in [0.2, 0.25) is 0 Å². The Balaban J connectivity index is 2.82. The Kier molecular flexibility index (Phi) is 6.05. The van der Waals surface area contributed by atoms with E-state index in [4.69, 9.17) is 9.47 Å². The highest BCUT2D eigenvalue weighted by atomic mass is 127. The van der Waals surface area contributed by atoms with Crippen molar-refractivity contribution in [3.63, 3.8) is 0 Å². The lowest BCUT2D eigenvalue weighted by Crippen LogP contribution is -2.13. The van der Waals surface area contributed by atoms with Crippen molar-refractivity contribution in [3.05, 3.63) is 21.3 Å². The molecule has 0 aromatic heterocycles. The van der Waals surface area contributed by atoms with E-state index in [0.717, 1.165) is 30.9 Å². The Morgan fingerprint density at radius 3 is 2.41 bits per heavy atom. The third-order valence-corrected chi connectivity index (χ3v) is 3.82. The van der Waals surface area contributed by atoms with E-state index in [1.54, 1.807) is 14.2 Å². The second-order valence-electron chi connectivity index (χ2n) is 4.21. The predicted molar refractivity (Wildman–Crippen MR) is 79.1 cm³/mol. The Hall–Kier alpha value is -0.490. The lowest BCUT2D eigenvalue weighted by atomic mass is 10.1. The zero-order chi connectivity index (χ0) is 12.8. The van der Waals surface area contributed by atoms with Gasteiger partial charge in [-0.15, -0.1) is 0 Å². The van der Waals surface area contributed by atoms with Crippen molar-refractivity contribution in [1.29, 1.82) is 0 Å². The van der Waals surface area contributed by atoms with Gasteiger partial charge in [-0.25, -0.2) is 0 Å². The summed E-state index contributed by atoms with van der Waals surface area (Å²) in [7, 11) is 7.57. The van der Waals surface area contributed by atoms with Gasteiger partial charge in [0.05, 0.1) is 17.8 Å². The molecule has 0 saturated carbocycles. The third kappa shape index (κ3) is 4.35. The van der Waals surface area contributed by atoms with Crippen LogP contribution >= 0.6 is 22.6 Å². The summed E-state index contributed by atoms with van der Waals surface area (Å²) in [6.07, 6.45) is 2.18. The number of nitrogens with zero attached hydrogens (tertiary/aromatic N) is 1. The van der Waals surface area contributed by atoms with Crippen LogP contribution in [0.15, 0.2) is 12.1 Å². The van der Waals surface area contributed by atoms with Crippen LogP contribution in [-0.2, 0) is 6.42 Å². The summed E-state index contributed by atoms with van der Waals surface area (Å²) in [6.45, 7) is 1.09. The average molecular weight is 349 g/mol. The minimum Gasteiger partial charge on any atom is -0.497 e.